The van der Waals surface area contributed by atoms with Crippen molar-refractivity contribution in [3.63, 3.8) is 0 Å². The van der Waals surface area contributed by atoms with Crippen LogP contribution in [0.15, 0.2) is 67.0 Å². The van der Waals surface area contributed by atoms with Gasteiger partial charge in [-0.3, -0.25) is 19.8 Å². The van der Waals surface area contributed by atoms with Gasteiger partial charge in [0.1, 0.15) is 23.7 Å². The van der Waals surface area contributed by atoms with Crippen molar-refractivity contribution in [2.24, 2.45) is 23.7 Å². The van der Waals surface area contributed by atoms with E-state index in [4.69, 9.17) is 45.5 Å². The third-order valence-electron chi connectivity index (χ3n) is 14.5. The van der Waals surface area contributed by atoms with Crippen LogP contribution in [-0.2, 0) is 6.42 Å². The largest absolute Gasteiger partial charge is 0.497 e. The van der Waals surface area contributed by atoms with E-state index in [1.165, 1.54) is 25.7 Å². The molecule has 314 valence electrons. The number of methoxy groups -OCH3 is 2. The molecule has 5 aromatic rings. The van der Waals surface area contributed by atoms with Crippen LogP contribution in [0.3, 0.4) is 0 Å². The second kappa shape index (κ2) is 17.9. The molecule has 9 heterocycles. The van der Waals surface area contributed by atoms with Crippen LogP contribution in [0.5, 0.6) is 23.3 Å². The fourth-order valence-electron chi connectivity index (χ4n) is 11.2. The van der Waals surface area contributed by atoms with Gasteiger partial charge in [-0.25, -0.2) is 0 Å². The molecule has 4 bridgehead atoms. The lowest BCUT2D eigenvalue weighted by atomic mass is 9.72. The molecule has 60 heavy (non-hydrogen) atoms. The fraction of sp³-hybridized carbons (Fsp3) is 0.520. The summed E-state index contributed by atoms with van der Waals surface area (Å²) in [5.41, 5.74) is 5.00. The second-order valence-corrected chi connectivity index (χ2v) is 17.6. The maximum absolute atomic E-state index is 7.33. The Hall–Kier alpha value is -4.98. The molecule has 0 radical (unpaired) electrons. The Kier molecular flexibility index (Phi) is 12.1. The van der Waals surface area contributed by atoms with Crippen molar-refractivity contribution in [1.82, 2.24) is 30.0 Å². The van der Waals surface area contributed by atoms with Crippen molar-refractivity contribution in [1.29, 1.82) is 0 Å². The number of ether oxygens (including phenoxy) is 4. The first kappa shape index (κ1) is 40.4. The van der Waals surface area contributed by atoms with Crippen molar-refractivity contribution in [2.75, 3.05) is 40.4 Å². The molecule has 6 aliphatic heterocycles. The van der Waals surface area contributed by atoms with Crippen LogP contribution in [0.1, 0.15) is 101 Å². The number of terminal acetylenes is 1. The SMILES string of the molecule is C#CCCCCc1cc(O[C@@H](c2ccnc3ccc(OC)cc23)[C@H]2CC3CCN2C[C@@H]3CC)nnc1O[C@@H](c1ccnc2ccc(OC)cc12)[C@H]1CC2CCN1C[C@@H]2CC. The molecule has 10 atom stereocenters. The Balaban J connectivity index is 1.11. The Morgan fingerprint density at radius 1 is 0.717 bits per heavy atom. The average molecular weight is 809 g/mol. The highest BCUT2D eigenvalue weighted by atomic mass is 16.5. The highest BCUT2D eigenvalue weighted by molar-refractivity contribution is 5.85. The van der Waals surface area contributed by atoms with E-state index in [1.54, 1.807) is 14.2 Å². The minimum Gasteiger partial charge on any atom is -0.497 e. The van der Waals surface area contributed by atoms with Gasteiger partial charge in [0.2, 0.25) is 11.8 Å². The quantitative estimate of drug-likeness (QED) is 0.0709. The summed E-state index contributed by atoms with van der Waals surface area (Å²) >= 11 is 0. The Labute approximate surface area is 355 Å². The van der Waals surface area contributed by atoms with Gasteiger partial charge in [-0.1, -0.05) is 26.7 Å². The van der Waals surface area contributed by atoms with Gasteiger partial charge in [0.25, 0.3) is 0 Å². The smallest absolute Gasteiger partial charge is 0.237 e. The third kappa shape index (κ3) is 7.99. The lowest BCUT2D eigenvalue weighted by Crippen LogP contribution is -2.56. The summed E-state index contributed by atoms with van der Waals surface area (Å²) in [6.07, 6.45) is 19.2. The van der Waals surface area contributed by atoms with Gasteiger partial charge in [0.05, 0.1) is 37.3 Å². The second-order valence-electron chi connectivity index (χ2n) is 17.6. The maximum atomic E-state index is 7.33. The van der Waals surface area contributed by atoms with Crippen LogP contribution >= 0.6 is 0 Å². The molecular formula is C50H60N6O4. The maximum Gasteiger partial charge on any atom is 0.237 e. The van der Waals surface area contributed by atoms with E-state index in [0.29, 0.717) is 35.4 Å². The van der Waals surface area contributed by atoms with Gasteiger partial charge >= 0.3 is 0 Å². The molecule has 4 unspecified atom stereocenters. The first-order chi connectivity index (χ1) is 29.5. The van der Waals surface area contributed by atoms with E-state index in [-0.39, 0.29) is 24.3 Å². The van der Waals surface area contributed by atoms with Crippen LogP contribution in [0, 0.1) is 36.0 Å². The normalized spacial score (nSPS) is 26.7. The summed E-state index contributed by atoms with van der Waals surface area (Å²) in [6.45, 7) is 8.99. The minimum absolute atomic E-state index is 0.180. The molecule has 10 heteroatoms. The first-order valence-corrected chi connectivity index (χ1v) is 22.4. The number of nitrogens with zero attached hydrogens (tertiary/aromatic N) is 6. The summed E-state index contributed by atoms with van der Waals surface area (Å²) in [7, 11) is 3.42. The number of benzene rings is 2. The zero-order chi connectivity index (χ0) is 41.2. The molecule has 6 aliphatic rings. The van der Waals surface area contributed by atoms with Gasteiger partial charge in [0, 0.05) is 65.4 Å². The molecule has 0 spiro atoms. The summed E-state index contributed by atoms with van der Waals surface area (Å²) in [4.78, 5) is 14.8. The fourth-order valence-corrected chi connectivity index (χ4v) is 11.2. The van der Waals surface area contributed by atoms with Crippen molar-refractivity contribution in [2.45, 2.75) is 102 Å². The van der Waals surface area contributed by atoms with E-state index in [2.05, 4.69) is 59.9 Å². The molecule has 6 fully saturated rings. The van der Waals surface area contributed by atoms with Gasteiger partial charge in [-0.05, 0) is 130 Å². The Morgan fingerprint density at radius 2 is 1.28 bits per heavy atom. The zero-order valence-corrected chi connectivity index (χ0v) is 35.8. The highest BCUT2D eigenvalue weighted by Gasteiger charge is 2.46. The molecular weight excluding hydrogens is 749 g/mol. The summed E-state index contributed by atoms with van der Waals surface area (Å²) in [6, 6.07) is 18.9. The predicted molar refractivity (Wildman–Crippen MR) is 235 cm³/mol. The molecule has 11 rings (SSSR count). The number of aryl methyl sites for hydroxylation is 1. The molecule has 0 aliphatic carbocycles. The molecule has 2 aromatic carbocycles. The summed E-state index contributed by atoms with van der Waals surface area (Å²) in [5.74, 6) is 8.24. The Bertz CT molecular complexity index is 2330. The van der Waals surface area contributed by atoms with Crippen molar-refractivity contribution >= 4 is 21.8 Å². The van der Waals surface area contributed by atoms with Crippen molar-refractivity contribution in [3.8, 4) is 35.6 Å². The van der Waals surface area contributed by atoms with Gasteiger partial charge in [0.15, 0.2) is 0 Å². The van der Waals surface area contributed by atoms with Crippen LogP contribution in [0.4, 0.5) is 0 Å². The van der Waals surface area contributed by atoms with Crippen LogP contribution in [-0.4, -0.2) is 82.4 Å². The summed E-state index contributed by atoms with van der Waals surface area (Å²) < 4.78 is 26.0. The van der Waals surface area contributed by atoms with E-state index in [1.807, 2.05) is 36.7 Å². The standard InChI is InChI=1S/C50H60N6O4/c1-6-9-10-11-12-36-27-47(59-48(45-25-34-19-23-55(45)30-32(34)7-2)39-17-21-51-43-15-13-37(57-4)28-41(39)43)53-54-50(36)60-49(46-26-35-20-24-56(46)31-33(35)8-3)40-18-22-52-44-16-14-38(58-5)29-42(40)44/h1,13-18,21-22,27-29,32-35,45-46,48-49H,7-12,19-20,23-26,30-31H2,2-5H3/t32-,33-,34?,35?,45+,46+,48-,49-/m0/s1. The van der Waals surface area contributed by atoms with Crippen molar-refractivity contribution < 1.29 is 18.9 Å². The number of hydrogen-bond donors (Lipinski definition) is 0. The average Bonchev–Trinajstić information content (AvgIpc) is 3.31. The summed E-state index contributed by atoms with van der Waals surface area (Å²) in [5, 5.41) is 11.9. The number of hydrogen-bond acceptors (Lipinski definition) is 10. The van der Waals surface area contributed by atoms with E-state index in [0.717, 1.165) is 115 Å². The number of piperidine rings is 6. The zero-order valence-electron chi connectivity index (χ0n) is 35.8. The van der Waals surface area contributed by atoms with Crippen LogP contribution in [0.2, 0.25) is 0 Å². The number of aromatic nitrogens is 4. The first-order valence-electron chi connectivity index (χ1n) is 22.4. The lowest BCUT2D eigenvalue weighted by Gasteiger charge is -2.52. The monoisotopic (exact) mass is 808 g/mol. The molecule has 0 saturated carbocycles. The number of pyridine rings is 2. The lowest BCUT2D eigenvalue weighted by molar-refractivity contribution is -0.0513. The van der Waals surface area contributed by atoms with E-state index in [9.17, 15) is 0 Å². The molecule has 0 amide bonds. The Morgan fingerprint density at radius 3 is 1.78 bits per heavy atom. The van der Waals surface area contributed by atoms with E-state index < -0.39 is 0 Å². The number of rotatable bonds is 16. The predicted octanol–water partition coefficient (Wildman–Crippen LogP) is 9.42. The van der Waals surface area contributed by atoms with Crippen LogP contribution < -0.4 is 18.9 Å². The van der Waals surface area contributed by atoms with Crippen LogP contribution in [0.25, 0.3) is 21.8 Å². The third-order valence-corrected chi connectivity index (χ3v) is 14.5. The molecule has 0 N–H and O–H groups in total. The van der Waals surface area contributed by atoms with Crippen molar-refractivity contribution in [3.05, 3.63) is 83.7 Å². The molecule has 6 saturated heterocycles. The number of fused-ring (bicyclic) bond motifs is 8. The highest BCUT2D eigenvalue weighted by Crippen LogP contribution is 2.47. The minimum atomic E-state index is -0.295. The van der Waals surface area contributed by atoms with Gasteiger partial charge in [-0.15, -0.1) is 22.5 Å². The number of unbranched alkanes of at least 4 members (excludes halogenated alkanes) is 2. The van der Waals surface area contributed by atoms with E-state index >= 15 is 0 Å². The van der Waals surface area contributed by atoms with Gasteiger partial charge < -0.3 is 18.9 Å². The van der Waals surface area contributed by atoms with Gasteiger partial charge in [-0.2, -0.15) is 0 Å². The molecule has 3 aromatic heterocycles. The topological polar surface area (TPSA) is 95.0 Å². The molecule has 10 nitrogen and oxygen atoms in total.